The van der Waals surface area contributed by atoms with Crippen LogP contribution >= 0.6 is 0 Å². The molecule has 0 saturated heterocycles. The van der Waals surface area contributed by atoms with Crippen LogP contribution in [0.15, 0.2) is 165 Å². The fraction of sp³-hybridized carbons (Fsp3) is 0.170. The van der Waals surface area contributed by atoms with Crippen LogP contribution in [-0.2, 0) is 0 Å². The van der Waals surface area contributed by atoms with Crippen molar-refractivity contribution in [2.24, 2.45) is 0 Å². The van der Waals surface area contributed by atoms with E-state index in [0.29, 0.717) is 0 Å². The predicted octanol–water partition coefficient (Wildman–Crippen LogP) is 13.6. The first-order chi connectivity index (χ1) is 25.8. The van der Waals surface area contributed by atoms with Crippen LogP contribution in [0.5, 0.6) is 0 Å². The Bertz CT molecular complexity index is 2270. The number of rotatable bonds is 11. The third-order valence-corrected chi connectivity index (χ3v) is 9.92. The highest BCUT2D eigenvalue weighted by atomic mass is 14.2. The first-order valence-electron chi connectivity index (χ1n) is 18.9. The van der Waals surface area contributed by atoms with E-state index in [1.165, 1.54) is 60.9 Å². The Labute approximate surface area is 320 Å². The van der Waals surface area contributed by atoms with Gasteiger partial charge in [-0.1, -0.05) is 192 Å². The van der Waals surface area contributed by atoms with Crippen LogP contribution in [0, 0.1) is 13.8 Å². The van der Waals surface area contributed by atoms with Gasteiger partial charge in [-0.3, -0.25) is 0 Å². The molecule has 0 aliphatic carbocycles. The molecule has 0 spiro atoms. The van der Waals surface area contributed by atoms with Crippen LogP contribution < -0.4 is 10.4 Å². The van der Waals surface area contributed by atoms with Crippen molar-refractivity contribution in [2.75, 3.05) is 0 Å². The van der Waals surface area contributed by atoms with E-state index in [2.05, 4.69) is 206 Å². The summed E-state index contributed by atoms with van der Waals surface area (Å²) in [7, 11) is 0. The molecule has 0 nitrogen and oxygen atoms in total. The molecule has 0 radical (unpaired) electrons. The van der Waals surface area contributed by atoms with Crippen molar-refractivity contribution >= 4 is 40.0 Å². The van der Waals surface area contributed by atoms with Crippen molar-refractivity contribution in [1.82, 2.24) is 0 Å². The van der Waals surface area contributed by atoms with Crippen molar-refractivity contribution < 1.29 is 0 Å². The third kappa shape index (κ3) is 9.59. The Morgan fingerprint density at radius 3 is 1.87 bits per heavy atom. The monoisotopic (exact) mass is 692 g/mol. The van der Waals surface area contributed by atoms with E-state index in [1.807, 2.05) is 26.0 Å². The molecular weight excluding hydrogens is 637 g/mol. The van der Waals surface area contributed by atoms with E-state index < -0.39 is 0 Å². The van der Waals surface area contributed by atoms with Crippen molar-refractivity contribution in [1.29, 1.82) is 0 Å². The number of hydrogen-bond acceptors (Lipinski definition) is 0. The second-order valence-corrected chi connectivity index (χ2v) is 13.0. The lowest BCUT2D eigenvalue weighted by molar-refractivity contribution is 0.981. The van der Waals surface area contributed by atoms with Crippen LogP contribution in [0.1, 0.15) is 92.0 Å². The smallest absolute Gasteiger partial charge is 0.00731 e. The maximum absolute atomic E-state index is 4.54. The number of allylic oxidation sites excluding steroid dienone is 9. The molecule has 0 fully saturated rings. The zero-order valence-corrected chi connectivity index (χ0v) is 33.1. The maximum Gasteiger partial charge on any atom is 0.00731 e. The fourth-order valence-corrected chi connectivity index (χ4v) is 6.95. The van der Waals surface area contributed by atoms with Gasteiger partial charge in [0.2, 0.25) is 0 Å². The normalized spacial score (nSPS) is 13.7. The van der Waals surface area contributed by atoms with Crippen molar-refractivity contribution in [3.05, 3.63) is 220 Å². The lowest BCUT2D eigenvalue weighted by Crippen LogP contribution is -2.26. The highest BCUT2D eigenvalue weighted by Crippen LogP contribution is 2.40. The largest absolute Gasteiger partial charge is 0.0990 e. The van der Waals surface area contributed by atoms with Crippen molar-refractivity contribution in [3.63, 3.8) is 0 Å². The summed E-state index contributed by atoms with van der Waals surface area (Å²) >= 11 is 0. The number of hydrogen-bond donors (Lipinski definition) is 0. The number of benzene rings is 5. The second kappa shape index (κ2) is 19.8. The molecule has 5 aromatic rings. The fourth-order valence-electron chi connectivity index (χ4n) is 6.95. The molecule has 0 aromatic heterocycles. The maximum atomic E-state index is 4.54. The summed E-state index contributed by atoms with van der Waals surface area (Å²) in [5, 5.41) is 2.33. The lowest BCUT2D eigenvalue weighted by Gasteiger charge is -2.24. The minimum Gasteiger partial charge on any atom is -0.0990 e. The van der Waals surface area contributed by atoms with Gasteiger partial charge in [0.25, 0.3) is 0 Å². The molecule has 0 saturated carbocycles. The van der Waals surface area contributed by atoms with E-state index in [-0.39, 0.29) is 5.92 Å². The van der Waals surface area contributed by atoms with Gasteiger partial charge in [0.1, 0.15) is 0 Å². The third-order valence-electron chi connectivity index (χ3n) is 9.92. The average molecular weight is 693 g/mol. The van der Waals surface area contributed by atoms with Crippen molar-refractivity contribution in [3.8, 4) is 0 Å². The minimum atomic E-state index is 0.141. The molecule has 53 heavy (non-hydrogen) atoms. The summed E-state index contributed by atoms with van der Waals surface area (Å²) in [5.74, 6) is 0.141. The molecule has 1 unspecified atom stereocenters. The molecule has 0 heteroatoms. The van der Waals surface area contributed by atoms with Gasteiger partial charge in [-0.15, -0.1) is 0 Å². The van der Waals surface area contributed by atoms with Crippen molar-refractivity contribution in [2.45, 2.75) is 61.3 Å². The quantitative estimate of drug-likeness (QED) is 0.121. The van der Waals surface area contributed by atoms with Gasteiger partial charge in [0.15, 0.2) is 0 Å². The molecule has 0 aliphatic rings. The summed E-state index contributed by atoms with van der Waals surface area (Å²) in [6.07, 6.45) is 15.2. The Balaban J connectivity index is 0.00000308. The first kappa shape index (κ1) is 40.1. The topological polar surface area (TPSA) is 0 Å². The molecule has 0 amide bonds. The zero-order valence-electron chi connectivity index (χ0n) is 33.1. The molecule has 268 valence electrons. The van der Waals surface area contributed by atoms with Gasteiger partial charge in [-0.05, 0) is 124 Å². The van der Waals surface area contributed by atoms with Gasteiger partial charge in [-0.25, -0.2) is 0 Å². The van der Waals surface area contributed by atoms with Gasteiger partial charge in [0.05, 0.1) is 0 Å². The van der Waals surface area contributed by atoms with Gasteiger partial charge in [-0.2, -0.15) is 0 Å². The van der Waals surface area contributed by atoms with Gasteiger partial charge in [0, 0.05) is 5.92 Å². The molecule has 0 heterocycles. The lowest BCUT2D eigenvalue weighted by atomic mass is 9.80. The SMILES string of the molecule is C=C/C=c1/cccc/c1=C(C)\C(=C\C(=C)c1ccccc1)c1ccc(/C(=C\C(=C/C)c2ccccc2)C(C)c2ccccc2/C=C\C)c(C)c1C.CC. The molecule has 5 aromatic carbocycles. The van der Waals surface area contributed by atoms with E-state index in [0.717, 1.165) is 21.9 Å². The Hall–Kier alpha value is -5.72. The molecular formula is C53H56. The summed E-state index contributed by atoms with van der Waals surface area (Å²) < 4.78 is 0. The zero-order chi connectivity index (χ0) is 38.3. The van der Waals surface area contributed by atoms with Crippen LogP contribution in [0.2, 0.25) is 0 Å². The van der Waals surface area contributed by atoms with Gasteiger partial charge < -0.3 is 0 Å². The van der Waals surface area contributed by atoms with E-state index in [4.69, 9.17) is 0 Å². The first-order valence-corrected chi connectivity index (χ1v) is 18.9. The standard InChI is InChI=1S/C51H50.C2H6/c1-9-22-44-28-18-20-30-46(44)39(7)50(34-36(4)42-24-14-12-15-25-42)48-32-33-49(38(6)37(48)5)51(35-41(11-3)43-26-16-13-17-27-43)40(8)47-31-21-19-29-45(47)23-10-2;1-2/h9-35,40H,1,4H2,2-3,5-8H3;1-2H3/b23-10-,41-11+,44-22-,46-39+,50-34-,51-35-;. The Kier molecular flexibility index (Phi) is 14.9. The molecule has 0 bridgehead atoms. The van der Waals surface area contributed by atoms with Crippen LogP contribution in [0.3, 0.4) is 0 Å². The summed E-state index contributed by atoms with van der Waals surface area (Å²) in [6, 6.07) is 43.1. The van der Waals surface area contributed by atoms with E-state index in [1.54, 1.807) is 0 Å². The van der Waals surface area contributed by atoms with E-state index >= 15 is 0 Å². The highest BCUT2D eigenvalue weighted by Gasteiger charge is 2.21. The van der Waals surface area contributed by atoms with E-state index in [9.17, 15) is 0 Å². The highest BCUT2D eigenvalue weighted by molar-refractivity contribution is 6.03. The molecule has 0 N–H and O–H groups in total. The van der Waals surface area contributed by atoms with Crippen LogP contribution in [0.4, 0.5) is 0 Å². The minimum absolute atomic E-state index is 0.141. The summed E-state index contributed by atoms with van der Waals surface area (Å²) in [5.41, 5.74) is 15.7. The van der Waals surface area contributed by atoms with Gasteiger partial charge >= 0.3 is 0 Å². The second-order valence-electron chi connectivity index (χ2n) is 13.0. The molecule has 0 aliphatic heterocycles. The van der Waals surface area contributed by atoms with Crippen LogP contribution in [0.25, 0.3) is 40.0 Å². The molecule has 5 rings (SSSR count). The van der Waals surface area contributed by atoms with Crippen LogP contribution in [-0.4, -0.2) is 0 Å². The Morgan fingerprint density at radius 1 is 0.660 bits per heavy atom. The Morgan fingerprint density at radius 2 is 1.23 bits per heavy atom. The summed E-state index contributed by atoms with van der Waals surface area (Å²) in [6.45, 7) is 25.9. The average Bonchev–Trinajstić information content (AvgIpc) is 3.20. The predicted molar refractivity (Wildman–Crippen MR) is 238 cm³/mol. The summed E-state index contributed by atoms with van der Waals surface area (Å²) in [4.78, 5) is 0. The molecule has 1 atom stereocenters.